The quantitative estimate of drug-likeness (QED) is 0.786. The molecule has 2 N–H and O–H groups in total. The molecule has 3 aliphatic rings. The molecule has 2 heterocycles. The molecule has 0 spiro atoms. The number of hydrogen-bond acceptors (Lipinski definition) is 4. The minimum atomic E-state index is -0.0633. The smallest absolute Gasteiger partial charge is 0.237 e. The van der Waals surface area contributed by atoms with Crippen molar-refractivity contribution >= 4 is 24.2 Å². The second kappa shape index (κ2) is 8.85. The van der Waals surface area contributed by atoms with Crippen LogP contribution in [-0.2, 0) is 14.3 Å². The van der Waals surface area contributed by atoms with Gasteiger partial charge in [-0.05, 0) is 25.2 Å². The van der Waals surface area contributed by atoms with Crippen LogP contribution >= 0.6 is 12.4 Å². The Labute approximate surface area is 144 Å². The fourth-order valence-corrected chi connectivity index (χ4v) is 3.91. The predicted octanol–water partition coefficient (Wildman–Crippen LogP) is 0.694. The van der Waals surface area contributed by atoms with Crippen molar-refractivity contribution in [3.8, 4) is 0 Å². The zero-order chi connectivity index (χ0) is 15.4. The minimum Gasteiger partial charge on any atom is -0.378 e. The Morgan fingerprint density at radius 3 is 2.65 bits per heavy atom. The number of fused-ring (bicyclic) bond motifs is 1. The highest BCUT2D eigenvalue weighted by Gasteiger charge is 2.38. The third-order valence-electron chi connectivity index (χ3n) is 5.18. The van der Waals surface area contributed by atoms with Crippen molar-refractivity contribution in [2.24, 2.45) is 5.92 Å². The highest BCUT2D eigenvalue weighted by molar-refractivity contribution is 5.85. The number of carbonyl (C=O) groups is 2. The van der Waals surface area contributed by atoms with Crippen molar-refractivity contribution < 1.29 is 14.3 Å². The molecule has 3 fully saturated rings. The van der Waals surface area contributed by atoms with E-state index in [1.54, 1.807) is 0 Å². The van der Waals surface area contributed by atoms with Crippen molar-refractivity contribution in [1.29, 1.82) is 0 Å². The number of nitrogens with zero attached hydrogens (tertiary/aromatic N) is 1. The summed E-state index contributed by atoms with van der Waals surface area (Å²) in [5.41, 5.74) is 0. The first-order valence-corrected chi connectivity index (χ1v) is 8.63. The Bertz CT molecular complexity index is 401. The Kier molecular flexibility index (Phi) is 7.11. The van der Waals surface area contributed by atoms with Gasteiger partial charge < -0.3 is 20.3 Å². The van der Waals surface area contributed by atoms with Crippen LogP contribution in [0.4, 0.5) is 0 Å². The first-order valence-electron chi connectivity index (χ1n) is 8.63. The highest BCUT2D eigenvalue weighted by atomic mass is 35.5. The van der Waals surface area contributed by atoms with Gasteiger partial charge in [0, 0.05) is 32.1 Å². The maximum absolute atomic E-state index is 12.2. The number of rotatable bonds is 4. The highest BCUT2D eigenvalue weighted by Crippen LogP contribution is 2.33. The summed E-state index contributed by atoms with van der Waals surface area (Å²) < 4.78 is 5.23. The second-order valence-corrected chi connectivity index (χ2v) is 6.64. The molecular weight excluding hydrogens is 318 g/mol. The van der Waals surface area contributed by atoms with Crippen molar-refractivity contribution in [1.82, 2.24) is 15.5 Å². The van der Waals surface area contributed by atoms with Crippen LogP contribution < -0.4 is 10.6 Å². The van der Waals surface area contributed by atoms with Gasteiger partial charge in [-0.15, -0.1) is 12.4 Å². The van der Waals surface area contributed by atoms with E-state index < -0.39 is 0 Å². The number of ether oxygens (including phenoxy) is 1. The summed E-state index contributed by atoms with van der Waals surface area (Å²) >= 11 is 0. The number of nitrogens with one attached hydrogen (secondary N) is 2. The molecule has 0 aromatic heterocycles. The molecule has 3 rings (SSSR count). The monoisotopic (exact) mass is 345 g/mol. The van der Waals surface area contributed by atoms with Crippen LogP contribution in [0.5, 0.6) is 0 Å². The van der Waals surface area contributed by atoms with Crippen LogP contribution in [0, 0.1) is 5.92 Å². The van der Waals surface area contributed by atoms with Crippen LogP contribution in [-0.4, -0.2) is 61.6 Å². The molecule has 3 atom stereocenters. The molecule has 1 aliphatic carbocycles. The first-order chi connectivity index (χ1) is 10.7. The zero-order valence-electron chi connectivity index (χ0n) is 13.6. The molecule has 132 valence electrons. The van der Waals surface area contributed by atoms with Gasteiger partial charge in [-0.2, -0.15) is 0 Å². The maximum atomic E-state index is 12.2. The largest absolute Gasteiger partial charge is 0.378 e. The van der Waals surface area contributed by atoms with Crippen LogP contribution in [0.2, 0.25) is 0 Å². The van der Waals surface area contributed by atoms with Gasteiger partial charge in [-0.1, -0.05) is 12.8 Å². The Hall–Kier alpha value is -0.850. The van der Waals surface area contributed by atoms with Gasteiger partial charge in [0.05, 0.1) is 19.3 Å². The normalized spacial score (nSPS) is 30.3. The average Bonchev–Trinajstić information content (AvgIpc) is 2.99. The molecule has 0 radical (unpaired) electrons. The zero-order valence-corrected chi connectivity index (χ0v) is 14.4. The summed E-state index contributed by atoms with van der Waals surface area (Å²) in [5.74, 6) is 0.834. The van der Waals surface area contributed by atoms with E-state index in [4.69, 9.17) is 4.74 Å². The Balaban J connectivity index is 0.00000192. The second-order valence-electron chi connectivity index (χ2n) is 6.64. The van der Waals surface area contributed by atoms with Gasteiger partial charge >= 0.3 is 0 Å². The SMILES string of the molecule is Cl.O=C(NCCC(=O)N1CCOCC1)C1CC2CCCCC2N1. The molecule has 0 aromatic carbocycles. The molecule has 0 bridgehead atoms. The number of carbonyl (C=O) groups excluding carboxylic acids is 2. The van der Waals surface area contributed by atoms with E-state index in [9.17, 15) is 9.59 Å². The number of amides is 2. The topological polar surface area (TPSA) is 70.7 Å². The lowest BCUT2D eigenvalue weighted by atomic mass is 9.85. The summed E-state index contributed by atoms with van der Waals surface area (Å²) in [5, 5.41) is 6.39. The van der Waals surface area contributed by atoms with Crippen LogP contribution in [0.15, 0.2) is 0 Å². The summed E-state index contributed by atoms with van der Waals surface area (Å²) in [6.45, 7) is 3.00. The fourth-order valence-electron chi connectivity index (χ4n) is 3.91. The van der Waals surface area contributed by atoms with Crippen molar-refractivity contribution in [2.75, 3.05) is 32.8 Å². The minimum absolute atomic E-state index is 0. The molecule has 1 saturated carbocycles. The van der Waals surface area contributed by atoms with Crippen LogP contribution in [0.3, 0.4) is 0 Å². The lowest BCUT2D eigenvalue weighted by molar-refractivity contribution is -0.135. The molecule has 0 aromatic rings. The van der Waals surface area contributed by atoms with E-state index in [1.165, 1.54) is 25.7 Å². The number of hydrogen-bond donors (Lipinski definition) is 2. The molecule has 3 unspecified atom stereocenters. The van der Waals surface area contributed by atoms with Crippen LogP contribution in [0.1, 0.15) is 38.5 Å². The third kappa shape index (κ3) is 4.81. The predicted molar refractivity (Wildman–Crippen MR) is 89.6 cm³/mol. The van der Waals surface area contributed by atoms with E-state index in [-0.39, 0.29) is 30.3 Å². The molecule has 6 nitrogen and oxygen atoms in total. The van der Waals surface area contributed by atoms with Gasteiger partial charge in [-0.3, -0.25) is 9.59 Å². The van der Waals surface area contributed by atoms with E-state index in [0.717, 1.165) is 6.42 Å². The average molecular weight is 346 g/mol. The van der Waals surface area contributed by atoms with E-state index >= 15 is 0 Å². The lowest BCUT2D eigenvalue weighted by Crippen LogP contribution is -2.45. The van der Waals surface area contributed by atoms with Gasteiger partial charge in [0.2, 0.25) is 11.8 Å². The van der Waals surface area contributed by atoms with Gasteiger partial charge in [0.1, 0.15) is 0 Å². The Morgan fingerprint density at radius 1 is 1.17 bits per heavy atom. The summed E-state index contributed by atoms with van der Waals surface area (Å²) in [6.07, 6.45) is 6.35. The maximum Gasteiger partial charge on any atom is 0.237 e. The van der Waals surface area contributed by atoms with Gasteiger partial charge in [-0.25, -0.2) is 0 Å². The Morgan fingerprint density at radius 2 is 1.91 bits per heavy atom. The molecular formula is C16H28ClN3O3. The molecule has 2 aliphatic heterocycles. The third-order valence-corrected chi connectivity index (χ3v) is 5.18. The van der Waals surface area contributed by atoms with E-state index in [0.29, 0.717) is 51.2 Å². The standard InChI is InChI=1S/C16H27N3O3.ClH/c20-15(19-7-9-22-10-8-19)5-6-17-16(21)14-11-12-3-1-2-4-13(12)18-14;/h12-14,18H,1-11H2,(H,17,21);1H. The van der Waals surface area contributed by atoms with Crippen molar-refractivity contribution in [2.45, 2.75) is 50.6 Å². The van der Waals surface area contributed by atoms with Gasteiger partial charge in [0.25, 0.3) is 0 Å². The van der Waals surface area contributed by atoms with Crippen molar-refractivity contribution in [3.05, 3.63) is 0 Å². The van der Waals surface area contributed by atoms with Crippen molar-refractivity contribution in [3.63, 3.8) is 0 Å². The number of halogens is 1. The van der Waals surface area contributed by atoms with E-state index in [2.05, 4.69) is 10.6 Å². The fraction of sp³-hybridized carbons (Fsp3) is 0.875. The van der Waals surface area contributed by atoms with E-state index in [1.807, 2.05) is 4.90 Å². The molecule has 23 heavy (non-hydrogen) atoms. The lowest BCUT2D eigenvalue weighted by Gasteiger charge is -2.27. The van der Waals surface area contributed by atoms with Crippen LogP contribution in [0.25, 0.3) is 0 Å². The summed E-state index contributed by atoms with van der Waals surface area (Å²) in [6, 6.07) is 0.464. The summed E-state index contributed by atoms with van der Waals surface area (Å²) in [4.78, 5) is 26.1. The number of morpholine rings is 1. The summed E-state index contributed by atoms with van der Waals surface area (Å²) in [7, 11) is 0. The van der Waals surface area contributed by atoms with Gasteiger partial charge in [0.15, 0.2) is 0 Å². The first kappa shape index (κ1) is 18.5. The molecule has 2 saturated heterocycles. The molecule has 7 heteroatoms. The molecule has 2 amide bonds.